The van der Waals surface area contributed by atoms with Gasteiger partial charge in [-0.3, -0.25) is 4.79 Å². The van der Waals surface area contributed by atoms with Gasteiger partial charge in [-0.2, -0.15) is 5.10 Å². The van der Waals surface area contributed by atoms with Gasteiger partial charge in [0.1, 0.15) is 18.1 Å². The largest absolute Gasteiger partial charge is 0.455 e. The Morgan fingerprint density at radius 3 is 2.83 bits per heavy atom. The van der Waals surface area contributed by atoms with E-state index in [0.29, 0.717) is 6.54 Å². The molecule has 6 heteroatoms. The molecule has 120 valence electrons. The van der Waals surface area contributed by atoms with Crippen molar-refractivity contribution in [3.63, 3.8) is 0 Å². The number of ether oxygens (including phenoxy) is 1. The Morgan fingerprint density at radius 1 is 1.39 bits per heavy atom. The average Bonchev–Trinajstić information content (AvgIpc) is 3.11. The van der Waals surface area contributed by atoms with Crippen LogP contribution in [-0.2, 0) is 22.5 Å². The summed E-state index contributed by atoms with van der Waals surface area (Å²) in [5.74, 6) is 0.187. The summed E-state index contributed by atoms with van der Waals surface area (Å²) < 4.78 is 7.55. The smallest absolute Gasteiger partial charge is 0.316 e. The third-order valence-corrected chi connectivity index (χ3v) is 5.82. The van der Waals surface area contributed by atoms with Gasteiger partial charge in [-0.1, -0.05) is 23.7 Å². The minimum Gasteiger partial charge on any atom is -0.455 e. The Hall–Kier alpha value is -1.88. The molecule has 0 N–H and O–H groups in total. The number of rotatable bonds is 4. The summed E-state index contributed by atoms with van der Waals surface area (Å²) in [4.78, 5) is 16.1. The number of esters is 1. The van der Waals surface area contributed by atoms with Gasteiger partial charge in [-0.25, -0.2) is 9.67 Å². The lowest BCUT2D eigenvalue weighted by molar-refractivity contribution is -0.245. The first kappa shape index (κ1) is 14.7. The second-order valence-electron chi connectivity index (χ2n) is 6.77. The molecule has 1 aliphatic carbocycles. The number of benzene rings is 1. The summed E-state index contributed by atoms with van der Waals surface area (Å²) in [6.45, 7) is 2.59. The van der Waals surface area contributed by atoms with E-state index in [2.05, 4.69) is 10.1 Å². The number of hydrogen-bond acceptors (Lipinski definition) is 4. The zero-order valence-corrected chi connectivity index (χ0v) is 13.7. The molecule has 2 heterocycles. The normalized spacial score (nSPS) is 32.3. The van der Waals surface area contributed by atoms with E-state index in [1.165, 1.54) is 11.9 Å². The van der Waals surface area contributed by atoms with Gasteiger partial charge in [-0.15, -0.1) is 0 Å². The lowest BCUT2D eigenvalue weighted by atomic mass is 9.66. The van der Waals surface area contributed by atoms with Crippen molar-refractivity contribution in [3.05, 3.63) is 47.5 Å². The van der Waals surface area contributed by atoms with Crippen LogP contribution in [-0.4, -0.2) is 26.3 Å². The lowest BCUT2D eigenvalue weighted by Gasteiger charge is -2.53. The third-order valence-electron chi connectivity index (χ3n) is 5.57. The molecule has 1 saturated heterocycles. The molecule has 3 atom stereocenters. The molecule has 0 amide bonds. The van der Waals surface area contributed by atoms with Crippen LogP contribution in [0, 0.1) is 11.3 Å². The molecule has 0 radical (unpaired) electrons. The van der Waals surface area contributed by atoms with Crippen molar-refractivity contribution in [2.24, 2.45) is 11.3 Å². The number of carbonyl (C=O) groups excluding carboxylic acids is 1. The highest BCUT2D eigenvalue weighted by atomic mass is 35.5. The van der Waals surface area contributed by atoms with Crippen LogP contribution in [0.25, 0.3) is 0 Å². The fourth-order valence-electron chi connectivity index (χ4n) is 4.12. The van der Waals surface area contributed by atoms with Gasteiger partial charge in [0.25, 0.3) is 0 Å². The molecule has 5 nitrogen and oxygen atoms in total. The molecule has 2 fully saturated rings. The van der Waals surface area contributed by atoms with E-state index in [0.717, 1.165) is 24.3 Å². The zero-order chi connectivity index (χ0) is 16.1. The van der Waals surface area contributed by atoms with Gasteiger partial charge >= 0.3 is 5.97 Å². The summed E-state index contributed by atoms with van der Waals surface area (Å²) >= 11 is 5.97. The second kappa shape index (κ2) is 5.06. The Morgan fingerprint density at radius 2 is 2.17 bits per heavy atom. The highest BCUT2D eigenvalue weighted by Crippen LogP contribution is 2.61. The fourth-order valence-corrected chi connectivity index (χ4v) is 4.25. The minimum absolute atomic E-state index is 0.0868. The van der Waals surface area contributed by atoms with Crippen molar-refractivity contribution in [1.29, 1.82) is 0 Å². The van der Waals surface area contributed by atoms with Gasteiger partial charge in [0.2, 0.25) is 0 Å². The Kier molecular flexibility index (Phi) is 3.23. The topological polar surface area (TPSA) is 57.0 Å². The van der Waals surface area contributed by atoms with E-state index < -0.39 is 11.0 Å². The number of carbonyl (C=O) groups is 1. The molecule has 23 heavy (non-hydrogen) atoms. The molecule has 1 aromatic heterocycles. The first-order chi connectivity index (χ1) is 11.0. The van der Waals surface area contributed by atoms with Crippen LogP contribution in [0.2, 0.25) is 5.02 Å². The number of hydrogen-bond donors (Lipinski definition) is 0. The predicted molar refractivity (Wildman–Crippen MR) is 84.8 cm³/mol. The van der Waals surface area contributed by atoms with Gasteiger partial charge in [0.05, 0.1) is 6.54 Å². The van der Waals surface area contributed by atoms with E-state index in [9.17, 15) is 4.79 Å². The van der Waals surface area contributed by atoms with Crippen LogP contribution in [0.1, 0.15) is 25.3 Å². The number of fused-ring (bicyclic) bond motifs is 1. The number of aromatic nitrogens is 3. The zero-order valence-electron chi connectivity index (χ0n) is 12.9. The van der Waals surface area contributed by atoms with Crippen molar-refractivity contribution >= 4 is 17.6 Å². The van der Waals surface area contributed by atoms with Crippen molar-refractivity contribution in [2.75, 3.05) is 0 Å². The van der Waals surface area contributed by atoms with Crippen LogP contribution in [0.15, 0.2) is 36.9 Å². The molecule has 4 rings (SSSR count). The monoisotopic (exact) mass is 331 g/mol. The maximum atomic E-state index is 12.1. The maximum Gasteiger partial charge on any atom is 0.316 e. The summed E-state index contributed by atoms with van der Waals surface area (Å²) in [6.07, 6.45) is 5.89. The maximum absolute atomic E-state index is 12.1. The molecule has 1 aliphatic heterocycles. The SMILES string of the molecule is CC12CCC(Cc3ccc(Cl)cc3)C1(Cn1cncn1)OC2=O. The molecule has 0 bridgehead atoms. The summed E-state index contributed by atoms with van der Waals surface area (Å²) in [5, 5.41) is 4.93. The summed E-state index contributed by atoms with van der Waals surface area (Å²) in [6, 6.07) is 7.90. The van der Waals surface area contributed by atoms with Crippen LogP contribution in [0.5, 0.6) is 0 Å². The van der Waals surface area contributed by atoms with Crippen molar-refractivity contribution in [3.8, 4) is 0 Å². The van der Waals surface area contributed by atoms with E-state index in [-0.39, 0.29) is 11.9 Å². The highest BCUT2D eigenvalue weighted by Gasteiger charge is 2.72. The van der Waals surface area contributed by atoms with Gasteiger partial charge in [0, 0.05) is 10.9 Å². The Bertz CT molecular complexity index is 731. The van der Waals surface area contributed by atoms with E-state index in [1.54, 1.807) is 11.0 Å². The molecule has 3 unspecified atom stereocenters. The minimum atomic E-state index is -0.489. The van der Waals surface area contributed by atoms with Crippen LogP contribution >= 0.6 is 11.6 Å². The molecule has 0 spiro atoms. The first-order valence-electron chi connectivity index (χ1n) is 7.84. The van der Waals surface area contributed by atoms with Crippen LogP contribution in [0.4, 0.5) is 0 Å². The Labute approximate surface area is 139 Å². The molecule has 1 aromatic carbocycles. The summed E-state index contributed by atoms with van der Waals surface area (Å²) in [7, 11) is 0. The Balaban J connectivity index is 1.63. The number of nitrogens with zero attached hydrogens (tertiary/aromatic N) is 3. The quantitative estimate of drug-likeness (QED) is 0.808. The molecule has 1 saturated carbocycles. The number of halogens is 1. The highest BCUT2D eigenvalue weighted by molar-refractivity contribution is 6.30. The molecule has 2 aliphatic rings. The predicted octanol–water partition coefficient (Wildman–Crippen LogP) is 2.89. The van der Waals surface area contributed by atoms with Gasteiger partial charge in [0.15, 0.2) is 5.60 Å². The molecule has 2 aromatic rings. The van der Waals surface area contributed by atoms with Crippen LogP contribution in [0.3, 0.4) is 0 Å². The van der Waals surface area contributed by atoms with Crippen molar-refractivity contribution in [1.82, 2.24) is 14.8 Å². The van der Waals surface area contributed by atoms with Crippen molar-refractivity contribution in [2.45, 2.75) is 38.3 Å². The lowest BCUT2D eigenvalue weighted by Crippen LogP contribution is -2.67. The molecular weight excluding hydrogens is 314 g/mol. The van der Waals surface area contributed by atoms with Gasteiger partial charge in [-0.05, 0) is 43.9 Å². The van der Waals surface area contributed by atoms with E-state index in [1.807, 2.05) is 31.2 Å². The standard InChI is InChI=1S/C17H18ClN3O2/c1-16-7-6-13(8-12-2-4-14(18)5-3-12)17(16,23-15(16)22)9-21-11-19-10-20-21/h2-5,10-11,13H,6-9H2,1H3. The van der Waals surface area contributed by atoms with Gasteiger partial charge < -0.3 is 4.74 Å². The fraction of sp³-hybridized carbons (Fsp3) is 0.471. The first-order valence-corrected chi connectivity index (χ1v) is 8.22. The molecular formula is C17H18ClN3O2. The second-order valence-corrected chi connectivity index (χ2v) is 7.21. The van der Waals surface area contributed by atoms with E-state index >= 15 is 0 Å². The van der Waals surface area contributed by atoms with E-state index in [4.69, 9.17) is 16.3 Å². The summed E-state index contributed by atoms with van der Waals surface area (Å²) in [5.41, 5.74) is 0.303. The third kappa shape index (κ3) is 2.10. The average molecular weight is 332 g/mol. The van der Waals surface area contributed by atoms with Crippen molar-refractivity contribution < 1.29 is 9.53 Å². The van der Waals surface area contributed by atoms with Crippen LogP contribution < -0.4 is 0 Å².